The number of anilines is 2. The second-order valence-corrected chi connectivity index (χ2v) is 8.77. The van der Waals surface area contributed by atoms with Crippen LogP contribution in [0.5, 0.6) is 11.5 Å². The average molecular weight is 433 g/mol. The van der Waals surface area contributed by atoms with Crippen LogP contribution in [0.3, 0.4) is 0 Å². The number of nitrogens with one attached hydrogen (secondary N) is 2. The molecule has 2 N–H and O–H groups in total. The number of carbonyl (C=O) groups excluding carboxylic acids is 1. The number of fused-ring (bicyclic) bond motifs is 1. The number of rotatable bonds is 4. The summed E-state index contributed by atoms with van der Waals surface area (Å²) in [4.78, 5) is 14.7. The third-order valence-corrected chi connectivity index (χ3v) is 6.95. The van der Waals surface area contributed by atoms with Crippen LogP contribution in [0.1, 0.15) is 35.2 Å². The van der Waals surface area contributed by atoms with E-state index in [1.165, 1.54) is 0 Å². The minimum Gasteiger partial charge on any atom is -0.497 e. The van der Waals surface area contributed by atoms with E-state index in [1.807, 2.05) is 42.5 Å². The quantitative estimate of drug-likeness (QED) is 0.550. The molecule has 0 saturated carbocycles. The summed E-state index contributed by atoms with van der Waals surface area (Å²) in [5.41, 5.74) is 4.79. The minimum absolute atomic E-state index is 0.0121. The molecule has 2 heterocycles. The average Bonchev–Trinajstić information content (AvgIpc) is 3.27. The highest BCUT2D eigenvalue weighted by molar-refractivity contribution is 7.10. The molecule has 1 aliphatic heterocycles. The number of Topliss-reactive ketones (excluding diaryl/α,β-unsaturated/α-hetero) is 1. The summed E-state index contributed by atoms with van der Waals surface area (Å²) < 4.78 is 11.1. The first-order valence-electron chi connectivity index (χ1n) is 10.3. The largest absolute Gasteiger partial charge is 0.497 e. The second-order valence-electron chi connectivity index (χ2n) is 7.79. The number of ether oxygens (including phenoxy) is 2. The van der Waals surface area contributed by atoms with Crippen LogP contribution < -0.4 is 20.1 Å². The molecule has 158 valence electrons. The van der Waals surface area contributed by atoms with Crippen LogP contribution in [0, 0.1) is 0 Å². The van der Waals surface area contributed by atoms with Crippen molar-refractivity contribution in [3.05, 3.63) is 81.7 Å². The number of benzene rings is 2. The molecule has 2 unspecified atom stereocenters. The molecule has 2 aliphatic rings. The van der Waals surface area contributed by atoms with E-state index >= 15 is 0 Å². The van der Waals surface area contributed by atoms with Gasteiger partial charge in [-0.05, 0) is 48.2 Å². The highest BCUT2D eigenvalue weighted by Gasteiger charge is 2.37. The van der Waals surface area contributed by atoms with Crippen molar-refractivity contribution in [1.82, 2.24) is 0 Å². The van der Waals surface area contributed by atoms with Crippen molar-refractivity contribution in [3.63, 3.8) is 0 Å². The Morgan fingerprint density at radius 1 is 0.968 bits per heavy atom. The third-order valence-electron chi connectivity index (χ3n) is 6.01. The molecule has 0 fully saturated rings. The number of carbonyl (C=O) groups is 1. The third kappa shape index (κ3) is 3.57. The minimum atomic E-state index is -0.160. The van der Waals surface area contributed by atoms with E-state index < -0.39 is 0 Å². The van der Waals surface area contributed by atoms with Crippen molar-refractivity contribution in [1.29, 1.82) is 0 Å². The van der Waals surface area contributed by atoms with E-state index in [4.69, 9.17) is 9.47 Å². The van der Waals surface area contributed by atoms with E-state index in [9.17, 15) is 4.79 Å². The Bertz CT molecular complexity index is 1150. The first-order valence-corrected chi connectivity index (χ1v) is 11.2. The molecule has 2 aromatic carbocycles. The molecule has 5 nitrogen and oxygen atoms in total. The van der Waals surface area contributed by atoms with Crippen LogP contribution in [0.2, 0.25) is 0 Å². The smallest absolute Gasteiger partial charge is 0.163 e. The van der Waals surface area contributed by atoms with E-state index in [1.54, 1.807) is 25.6 Å². The standard InChI is InChI=1S/C25H24N2O3S/c1-29-16-9-10-22(30-2)17(14-16)15-12-20-24(21(28)13-15)25(23-8-5-11-31-23)27-19-7-4-3-6-18(19)26-20/h3-11,14-15,25-27H,12-13H2,1-2H3. The fourth-order valence-electron chi connectivity index (χ4n) is 4.54. The monoisotopic (exact) mass is 432 g/mol. The van der Waals surface area contributed by atoms with Gasteiger partial charge in [-0.15, -0.1) is 11.3 Å². The lowest BCUT2D eigenvalue weighted by Crippen LogP contribution is -2.26. The molecule has 0 radical (unpaired) electrons. The van der Waals surface area contributed by atoms with Crippen LogP contribution >= 0.6 is 11.3 Å². The van der Waals surface area contributed by atoms with Gasteiger partial charge in [0.25, 0.3) is 0 Å². The Morgan fingerprint density at radius 2 is 1.81 bits per heavy atom. The lowest BCUT2D eigenvalue weighted by molar-refractivity contribution is -0.116. The topological polar surface area (TPSA) is 59.6 Å². The van der Waals surface area contributed by atoms with E-state index in [0.29, 0.717) is 6.42 Å². The van der Waals surface area contributed by atoms with Crippen LogP contribution in [-0.4, -0.2) is 20.0 Å². The number of hydrogen-bond acceptors (Lipinski definition) is 6. The van der Waals surface area contributed by atoms with Crippen molar-refractivity contribution in [2.45, 2.75) is 24.8 Å². The Hall–Kier alpha value is -3.25. The Kier molecular flexibility index (Phi) is 5.16. The van der Waals surface area contributed by atoms with Gasteiger partial charge in [-0.1, -0.05) is 18.2 Å². The maximum atomic E-state index is 13.6. The fraction of sp³-hybridized carbons (Fsp3) is 0.240. The summed E-state index contributed by atoms with van der Waals surface area (Å²) in [6.45, 7) is 0. The molecule has 0 bridgehead atoms. The van der Waals surface area contributed by atoms with Gasteiger partial charge in [0.05, 0.1) is 31.6 Å². The lowest BCUT2D eigenvalue weighted by atomic mass is 9.79. The van der Waals surface area contributed by atoms with Crippen molar-refractivity contribution < 1.29 is 14.3 Å². The maximum Gasteiger partial charge on any atom is 0.163 e. The zero-order valence-corrected chi connectivity index (χ0v) is 18.3. The second kappa shape index (κ2) is 8.12. The Balaban J connectivity index is 1.60. The highest BCUT2D eigenvalue weighted by atomic mass is 32.1. The van der Waals surface area contributed by atoms with Crippen molar-refractivity contribution in [2.24, 2.45) is 0 Å². The maximum absolute atomic E-state index is 13.6. The summed E-state index contributed by atoms with van der Waals surface area (Å²) in [5, 5.41) is 9.24. The zero-order valence-electron chi connectivity index (χ0n) is 17.5. The summed E-state index contributed by atoms with van der Waals surface area (Å²) in [7, 11) is 3.32. The summed E-state index contributed by atoms with van der Waals surface area (Å²) in [5.74, 6) is 1.71. The first-order chi connectivity index (χ1) is 15.2. The first kappa shape index (κ1) is 19.7. The van der Waals surface area contributed by atoms with Gasteiger partial charge >= 0.3 is 0 Å². The molecular weight excluding hydrogens is 408 g/mol. The van der Waals surface area contributed by atoms with Crippen molar-refractivity contribution in [2.75, 3.05) is 24.9 Å². The van der Waals surface area contributed by atoms with E-state index in [0.717, 1.165) is 51.0 Å². The summed E-state index contributed by atoms with van der Waals surface area (Å²) in [6.07, 6.45) is 1.16. The number of ketones is 1. The number of allylic oxidation sites excluding steroid dienone is 1. The van der Waals surface area contributed by atoms with Crippen LogP contribution in [0.25, 0.3) is 0 Å². The van der Waals surface area contributed by atoms with Crippen LogP contribution in [0.4, 0.5) is 11.4 Å². The molecule has 2 atom stereocenters. The number of para-hydroxylation sites is 2. The number of hydrogen-bond donors (Lipinski definition) is 2. The fourth-order valence-corrected chi connectivity index (χ4v) is 5.32. The Morgan fingerprint density at radius 3 is 2.55 bits per heavy atom. The molecule has 3 aromatic rings. The molecule has 0 spiro atoms. The zero-order chi connectivity index (χ0) is 21.4. The van der Waals surface area contributed by atoms with Gasteiger partial charge in [0.2, 0.25) is 0 Å². The lowest BCUT2D eigenvalue weighted by Gasteiger charge is -2.30. The molecular formula is C25H24N2O3S. The highest BCUT2D eigenvalue weighted by Crippen LogP contribution is 2.46. The SMILES string of the molecule is COc1ccc(OC)c(C2CC(=O)C3=C(C2)Nc2ccccc2NC3c2cccs2)c1. The molecule has 1 aromatic heterocycles. The van der Waals surface area contributed by atoms with Crippen molar-refractivity contribution >= 4 is 28.5 Å². The normalized spacial score (nSPS) is 20.1. The number of methoxy groups -OCH3 is 2. The van der Waals surface area contributed by atoms with Gasteiger partial charge in [0.1, 0.15) is 11.5 Å². The number of thiophene rings is 1. The van der Waals surface area contributed by atoms with Gasteiger partial charge in [-0.3, -0.25) is 4.79 Å². The molecule has 6 heteroatoms. The molecule has 0 amide bonds. The van der Waals surface area contributed by atoms with Gasteiger partial charge in [0.15, 0.2) is 5.78 Å². The van der Waals surface area contributed by atoms with Crippen LogP contribution in [0.15, 0.2) is 71.2 Å². The predicted octanol–water partition coefficient (Wildman–Crippen LogP) is 5.74. The van der Waals surface area contributed by atoms with Gasteiger partial charge in [-0.25, -0.2) is 0 Å². The van der Waals surface area contributed by atoms with Gasteiger partial charge in [-0.2, -0.15) is 0 Å². The summed E-state index contributed by atoms with van der Waals surface area (Å²) in [6, 6.07) is 17.9. The predicted molar refractivity (Wildman–Crippen MR) is 124 cm³/mol. The Labute approximate surface area is 185 Å². The molecule has 5 rings (SSSR count). The van der Waals surface area contributed by atoms with E-state index in [2.05, 4.69) is 28.1 Å². The molecule has 0 saturated heterocycles. The summed E-state index contributed by atoms with van der Waals surface area (Å²) >= 11 is 1.67. The molecule has 31 heavy (non-hydrogen) atoms. The van der Waals surface area contributed by atoms with E-state index in [-0.39, 0.29) is 17.7 Å². The van der Waals surface area contributed by atoms with Crippen LogP contribution in [-0.2, 0) is 4.79 Å². The molecule has 1 aliphatic carbocycles. The van der Waals surface area contributed by atoms with Crippen molar-refractivity contribution in [3.8, 4) is 11.5 Å². The van der Waals surface area contributed by atoms with Gasteiger partial charge < -0.3 is 20.1 Å². The van der Waals surface area contributed by atoms with Gasteiger partial charge in [0, 0.05) is 34.0 Å².